The van der Waals surface area contributed by atoms with Gasteiger partial charge >= 0.3 is 0 Å². The summed E-state index contributed by atoms with van der Waals surface area (Å²) < 4.78 is 9.93. The number of hydrogen-bond donors (Lipinski definition) is 1. The van der Waals surface area contributed by atoms with Gasteiger partial charge in [0.15, 0.2) is 0 Å². The van der Waals surface area contributed by atoms with Gasteiger partial charge in [-0.15, -0.1) is 0 Å². The molecule has 0 amide bonds. The molecule has 7 heteroatoms. The highest BCUT2D eigenvalue weighted by Gasteiger charge is 2.26. The predicted molar refractivity (Wildman–Crippen MR) is 77.3 cm³/mol. The monoisotopic (exact) mass is 286 g/mol. The van der Waals surface area contributed by atoms with E-state index in [0.717, 1.165) is 17.5 Å². The summed E-state index contributed by atoms with van der Waals surface area (Å²) in [5.74, 6) is 0.876. The highest BCUT2D eigenvalue weighted by Crippen LogP contribution is 2.26. The van der Waals surface area contributed by atoms with Crippen molar-refractivity contribution in [2.75, 3.05) is 24.6 Å². The van der Waals surface area contributed by atoms with Crippen LogP contribution in [0.5, 0.6) is 0 Å². The topological polar surface area (TPSA) is 64.3 Å². The average molecular weight is 286 g/mol. The molecule has 0 spiro atoms. The Bertz CT molecular complexity index is 440. The molecule has 2 rings (SSSR count). The summed E-state index contributed by atoms with van der Waals surface area (Å²) in [6.45, 7) is 8.40. The van der Waals surface area contributed by atoms with Crippen molar-refractivity contribution in [3.63, 3.8) is 0 Å². The summed E-state index contributed by atoms with van der Waals surface area (Å²) in [5, 5.41) is 0.921. The van der Waals surface area contributed by atoms with E-state index in [2.05, 4.69) is 35.0 Å². The van der Waals surface area contributed by atoms with Crippen LogP contribution < -0.4 is 10.6 Å². The van der Waals surface area contributed by atoms with Gasteiger partial charge in [-0.25, -0.2) is 4.98 Å². The smallest absolute Gasteiger partial charge is 0.205 e. The second-order valence-electron chi connectivity index (χ2n) is 5.36. The molecule has 0 bridgehead atoms. The fourth-order valence-electron chi connectivity index (χ4n) is 1.64. The third-order valence-electron chi connectivity index (χ3n) is 2.74. The van der Waals surface area contributed by atoms with E-state index in [1.807, 2.05) is 0 Å². The molecule has 18 heavy (non-hydrogen) atoms. The number of nitrogens with two attached hydrogens (primary N) is 1. The van der Waals surface area contributed by atoms with Crippen molar-refractivity contribution in [1.29, 1.82) is 0 Å². The molecule has 0 aromatic carbocycles. The first-order chi connectivity index (χ1) is 8.38. The minimum absolute atomic E-state index is 0.0242. The molecular formula is C11H18N4OS2. The lowest BCUT2D eigenvalue weighted by Gasteiger charge is -2.31. The van der Waals surface area contributed by atoms with Gasteiger partial charge in [0.25, 0.3) is 0 Å². The van der Waals surface area contributed by atoms with Crippen molar-refractivity contribution in [2.45, 2.75) is 32.3 Å². The van der Waals surface area contributed by atoms with Crippen LogP contribution in [0.2, 0.25) is 0 Å². The SMILES string of the molecule is CC(C)(C)c1nsc(N2CCOC(C(N)=S)C2)n1. The van der Waals surface area contributed by atoms with Crippen molar-refractivity contribution in [3.05, 3.63) is 5.82 Å². The number of anilines is 1. The zero-order valence-corrected chi connectivity index (χ0v) is 12.5. The lowest BCUT2D eigenvalue weighted by Crippen LogP contribution is -2.47. The lowest BCUT2D eigenvalue weighted by atomic mass is 9.96. The van der Waals surface area contributed by atoms with Gasteiger partial charge in [0.2, 0.25) is 5.13 Å². The van der Waals surface area contributed by atoms with Crippen molar-refractivity contribution < 1.29 is 4.74 Å². The van der Waals surface area contributed by atoms with Crippen LogP contribution in [0.15, 0.2) is 0 Å². The first kappa shape index (κ1) is 13.6. The normalized spacial score (nSPS) is 21.1. The number of thiocarbonyl (C=S) groups is 1. The molecule has 1 unspecified atom stereocenters. The quantitative estimate of drug-likeness (QED) is 0.828. The van der Waals surface area contributed by atoms with Gasteiger partial charge < -0.3 is 15.4 Å². The van der Waals surface area contributed by atoms with E-state index in [9.17, 15) is 0 Å². The zero-order chi connectivity index (χ0) is 13.3. The Labute approximate surface area is 117 Å². The summed E-state index contributed by atoms with van der Waals surface area (Å²) in [6, 6.07) is 0. The predicted octanol–water partition coefficient (Wildman–Crippen LogP) is 1.33. The van der Waals surface area contributed by atoms with Gasteiger partial charge in [0.05, 0.1) is 13.2 Å². The molecule has 1 aliphatic rings. The Morgan fingerprint density at radius 1 is 1.56 bits per heavy atom. The maximum Gasteiger partial charge on any atom is 0.205 e. The molecule has 2 heterocycles. The molecule has 1 aliphatic heterocycles. The highest BCUT2D eigenvalue weighted by atomic mass is 32.1. The molecule has 1 atom stereocenters. The maximum atomic E-state index is 5.63. The maximum absolute atomic E-state index is 5.63. The first-order valence-corrected chi connectivity index (χ1v) is 7.06. The minimum Gasteiger partial charge on any atom is -0.391 e. The van der Waals surface area contributed by atoms with Gasteiger partial charge in [-0.1, -0.05) is 33.0 Å². The standard InChI is InChI=1S/C11H18N4OS2/c1-11(2,3)9-13-10(18-14-9)15-4-5-16-7(6-15)8(12)17/h7H,4-6H2,1-3H3,(H2,12,17). The molecule has 1 aromatic rings. The fourth-order valence-corrected chi connectivity index (χ4v) is 2.68. The van der Waals surface area contributed by atoms with Crippen LogP contribution in [0, 0.1) is 0 Å². The Morgan fingerprint density at radius 3 is 2.83 bits per heavy atom. The van der Waals surface area contributed by atoms with E-state index in [1.54, 1.807) is 0 Å². The van der Waals surface area contributed by atoms with Crippen molar-refractivity contribution >= 4 is 33.9 Å². The Morgan fingerprint density at radius 2 is 2.28 bits per heavy atom. The van der Waals surface area contributed by atoms with E-state index >= 15 is 0 Å². The fraction of sp³-hybridized carbons (Fsp3) is 0.727. The van der Waals surface area contributed by atoms with Crippen LogP contribution in [0.25, 0.3) is 0 Å². The van der Waals surface area contributed by atoms with Crippen LogP contribution >= 0.6 is 23.8 Å². The van der Waals surface area contributed by atoms with Gasteiger partial charge in [0, 0.05) is 23.5 Å². The largest absolute Gasteiger partial charge is 0.391 e. The van der Waals surface area contributed by atoms with Crippen LogP contribution in [0.4, 0.5) is 5.13 Å². The lowest BCUT2D eigenvalue weighted by molar-refractivity contribution is 0.0847. The molecular weight excluding hydrogens is 268 g/mol. The van der Waals surface area contributed by atoms with Gasteiger partial charge in [-0.3, -0.25) is 0 Å². The molecule has 100 valence electrons. The molecule has 1 saturated heterocycles. The molecule has 2 N–H and O–H groups in total. The Kier molecular flexibility index (Phi) is 3.84. The average Bonchev–Trinajstić information content (AvgIpc) is 2.78. The zero-order valence-electron chi connectivity index (χ0n) is 10.8. The molecule has 1 aromatic heterocycles. The first-order valence-electron chi connectivity index (χ1n) is 5.88. The number of hydrogen-bond acceptors (Lipinski definition) is 6. The second kappa shape index (κ2) is 5.07. The van der Waals surface area contributed by atoms with Gasteiger partial charge in [-0.2, -0.15) is 4.37 Å². The molecule has 1 fully saturated rings. The van der Waals surface area contributed by atoms with Crippen LogP contribution in [-0.4, -0.2) is 40.1 Å². The van der Waals surface area contributed by atoms with Gasteiger partial charge in [-0.05, 0) is 0 Å². The molecule has 0 aliphatic carbocycles. The van der Waals surface area contributed by atoms with E-state index in [0.29, 0.717) is 18.1 Å². The number of aromatic nitrogens is 2. The Balaban J connectivity index is 2.12. The van der Waals surface area contributed by atoms with Crippen molar-refractivity contribution in [2.24, 2.45) is 5.73 Å². The van der Waals surface area contributed by atoms with E-state index < -0.39 is 0 Å². The number of morpholine rings is 1. The molecule has 0 radical (unpaired) electrons. The molecule has 0 saturated carbocycles. The summed E-state index contributed by atoms with van der Waals surface area (Å²) in [7, 11) is 0. The summed E-state index contributed by atoms with van der Waals surface area (Å²) in [4.78, 5) is 7.13. The van der Waals surface area contributed by atoms with Gasteiger partial charge in [0.1, 0.15) is 16.9 Å². The Hall–Kier alpha value is -0.790. The summed E-state index contributed by atoms with van der Waals surface area (Å²) >= 11 is 6.40. The van der Waals surface area contributed by atoms with E-state index in [4.69, 9.17) is 22.7 Å². The molecule has 5 nitrogen and oxygen atoms in total. The van der Waals surface area contributed by atoms with Crippen LogP contribution in [0.1, 0.15) is 26.6 Å². The third kappa shape index (κ3) is 2.96. The summed E-state index contributed by atoms with van der Waals surface area (Å²) in [6.07, 6.45) is -0.185. The second-order valence-corrected chi connectivity index (χ2v) is 6.56. The third-order valence-corrected chi connectivity index (χ3v) is 3.78. The van der Waals surface area contributed by atoms with E-state index in [-0.39, 0.29) is 11.5 Å². The number of nitrogens with zero attached hydrogens (tertiary/aromatic N) is 3. The minimum atomic E-state index is -0.185. The van der Waals surface area contributed by atoms with Crippen LogP contribution in [0.3, 0.4) is 0 Å². The van der Waals surface area contributed by atoms with Crippen molar-refractivity contribution in [1.82, 2.24) is 9.36 Å². The highest BCUT2D eigenvalue weighted by molar-refractivity contribution is 7.80. The van der Waals surface area contributed by atoms with Crippen LogP contribution in [-0.2, 0) is 10.2 Å². The van der Waals surface area contributed by atoms with Crippen molar-refractivity contribution in [3.8, 4) is 0 Å². The number of rotatable bonds is 2. The number of ether oxygens (including phenoxy) is 1. The van der Waals surface area contributed by atoms with E-state index in [1.165, 1.54) is 11.5 Å². The summed E-state index contributed by atoms with van der Waals surface area (Å²) in [5.41, 5.74) is 5.60.